The van der Waals surface area contributed by atoms with E-state index < -0.39 is 0 Å². The minimum absolute atomic E-state index is 0.101. The summed E-state index contributed by atoms with van der Waals surface area (Å²) in [5.74, 6) is 1.40. The fraction of sp³-hybridized carbons (Fsp3) is 0.333. The number of benzene rings is 3. The van der Waals surface area contributed by atoms with Gasteiger partial charge in [0.05, 0.1) is 16.0 Å². The summed E-state index contributed by atoms with van der Waals surface area (Å²) in [5, 5.41) is 4.00. The third-order valence-electron chi connectivity index (χ3n) is 7.24. The van der Waals surface area contributed by atoms with Crippen LogP contribution in [0.5, 0.6) is 17.2 Å². The van der Waals surface area contributed by atoms with Crippen molar-refractivity contribution in [2.24, 2.45) is 11.7 Å². The van der Waals surface area contributed by atoms with Crippen molar-refractivity contribution in [3.63, 3.8) is 0 Å². The van der Waals surface area contributed by atoms with Crippen LogP contribution in [0, 0.1) is 12.8 Å². The number of hydrogen-bond donors (Lipinski definition) is 2. The zero-order valence-corrected chi connectivity index (χ0v) is 27.8. The normalized spacial score (nSPS) is 11.6. The zero-order valence-electron chi connectivity index (χ0n) is 26.3. The number of pyridine rings is 1. The summed E-state index contributed by atoms with van der Waals surface area (Å²) >= 11 is 12.5. The monoisotopic (exact) mass is 665 g/mol. The van der Waals surface area contributed by atoms with E-state index in [2.05, 4.69) is 16.4 Å². The van der Waals surface area contributed by atoms with Crippen LogP contribution < -0.4 is 25.3 Å². The van der Waals surface area contributed by atoms with Gasteiger partial charge in [0, 0.05) is 44.8 Å². The van der Waals surface area contributed by atoms with E-state index in [9.17, 15) is 4.79 Å². The van der Waals surface area contributed by atoms with Crippen LogP contribution in [0.2, 0.25) is 10.0 Å². The van der Waals surface area contributed by atoms with Crippen LogP contribution in [0.4, 0.5) is 0 Å². The van der Waals surface area contributed by atoms with Gasteiger partial charge in [-0.1, -0.05) is 47.5 Å². The minimum Gasteiger partial charge on any atom is -0.490 e. The molecular weight excluding hydrogens is 625 g/mol. The molecule has 0 saturated heterocycles. The standard InChI is InChI=1S/C36H41Cl2N3O5/c1-25-15-33(37)35(34(38)16-25)45-14-13-44-31-9-7-26(8-10-31)18-30(21-39)36(42)41-23-29-17-27(6-4-12-43-2)19-32(20-29)46-24-28-5-3-11-40-22-28/h3,5,7-11,15-17,19-20,22,30H,4,6,12-14,18,21,23-24,39H2,1-2H3,(H,41,42). The average molecular weight is 667 g/mol. The lowest BCUT2D eigenvalue weighted by molar-refractivity contribution is -0.124. The fourth-order valence-electron chi connectivity index (χ4n) is 4.88. The van der Waals surface area contributed by atoms with Gasteiger partial charge in [-0.2, -0.15) is 0 Å². The lowest BCUT2D eigenvalue weighted by Gasteiger charge is -2.17. The van der Waals surface area contributed by atoms with Crippen LogP contribution in [-0.4, -0.2) is 44.4 Å². The number of aromatic nitrogens is 1. The molecule has 0 radical (unpaired) electrons. The van der Waals surface area contributed by atoms with E-state index in [4.69, 9.17) is 47.9 Å². The maximum atomic E-state index is 13.2. The topological polar surface area (TPSA) is 105 Å². The van der Waals surface area contributed by atoms with E-state index in [0.29, 0.717) is 54.3 Å². The van der Waals surface area contributed by atoms with Crippen LogP contribution in [0.3, 0.4) is 0 Å². The number of nitrogens with zero attached hydrogens (tertiary/aromatic N) is 1. The average Bonchev–Trinajstić information content (AvgIpc) is 3.05. The van der Waals surface area contributed by atoms with Crippen LogP contribution in [-0.2, 0) is 35.5 Å². The second-order valence-corrected chi connectivity index (χ2v) is 11.8. The predicted octanol–water partition coefficient (Wildman–Crippen LogP) is 6.75. The van der Waals surface area contributed by atoms with Crippen molar-refractivity contribution in [1.82, 2.24) is 10.3 Å². The number of carbonyl (C=O) groups is 1. The van der Waals surface area contributed by atoms with Gasteiger partial charge in [-0.3, -0.25) is 9.78 Å². The first-order chi connectivity index (χ1) is 22.3. The maximum absolute atomic E-state index is 13.2. The molecule has 4 aromatic rings. The van der Waals surface area contributed by atoms with Crippen molar-refractivity contribution in [3.05, 3.63) is 117 Å². The summed E-state index contributed by atoms with van der Waals surface area (Å²) in [6, 6.07) is 21.2. The highest BCUT2D eigenvalue weighted by Crippen LogP contribution is 2.34. The van der Waals surface area contributed by atoms with Gasteiger partial charge < -0.3 is 30.0 Å². The molecule has 1 amide bonds. The number of nitrogens with one attached hydrogen (secondary N) is 1. The zero-order chi connectivity index (χ0) is 32.7. The summed E-state index contributed by atoms with van der Waals surface area (Å²) in [6.07, 6.45) is 5.75. The second-order valence-electron chi connectivity index (χ2n) is 11.0. The molecule has 1 heterocycles. The lowest BCUT2D eigenvalue weighted by Crippen LogP contribution is -2.36. The van der Waals surface area contributed by atoms with E-state index in [0.717, 1.165) is 46.4 Å². The lowest BCUT2D eigenvalue weighted by atomic mass is 9.98. The van der Waals surface area contributed by atoms with Crippen LogP contribution in [0.15, 0.2) is 79.1 Å². The number of amides is 1. The van der Waals surface area contributed by atoms with Gasteiger partial charge >= 0.3 is 0 Å². The molecule has 8 nitrogen and oxygen atoms in total. The number of nitrogens with two attached hydrogens (primary N) is 1. The van der Waals surface area contributed by atoms with Crippen molar-refractivity contribution in [2.75, 3.05) is 33.5 Å². The Hall–Kier alpha value is -3.82. The summed E-state index contributed by atoms with van der Waals surface area (Å²) in [7, 11) is 1.70. The molecule has 0 aliphatic heterocycles. The first kappa shape index (κ1) is 35.0. The SMILES string of the molecule is COCCCc1cc(CNC(=O)C(CN)Cc2ccc(OCCOc3c(Cl)cc(C)cc3Cl)cc2)cc(OCc2cccnc2)c1. The van der Waals surface area contributed by atoms with Crippen LogP contribution in [0.25, 0.3) is 0 Å². The Balaban J connectivity index is 1.28. The van der Waals surface area contributed by atoms with Crippen molar-refractivity contribution in [1.29, 1.82) is 0 Å². The fourth-order valence-corrected chi connectivity index (χ4v) is 5.59. The molecular formula is C36H41Cl2N3O5. The molecule has 1 atom stereocenters. The molecule has 1 unspecified atom stereocenters. The molecule has 0 aliphatic rings. The Morgan fingerprint density at radius 1 is 0.870 bits per heavy atom. The largest absolute Gasteiger partial charge is 0.490 e. The van der Waals surface area contributed by atoms with Gasteiger partial charge in [-0.15, -0.1) is 0 Å². The van der Waals surface area contributed by atoms with E-state index in [1.54, 1.807) is 31.6 Å². The summed E-state index contributed by atoms with van der Waals surface area (Å²) in [5.41, 5.74) is 11.0. The third kappa shape index (κ3) is 11.2. The minimum atomic E-state index is -0.379. The van der Waals surface area contributed by atoms with E-state index in [-0.39, 0.29) is 25.0 Å². The highest BCUT2D eigenvalue weighted by Gasteiger charge is 2.18. The van der Waals surface area contributed by atoms with E-state index in [1.807, 2.05) is 55.5 Å². The first-order valence-corrected chi connectivity index (χ1v) is 16.0. The van der Waals surface area contributed by atoms with Gasteiger partial charge in [0.2, 0.25) is 5.91 Å². The molecule has 0 saturated carbocycles. The summed E-state index contributed by atoms with van der Waals surface area (Å²) in [4.78, 5) is 17.3. The van der Waals surface area contributed by atoms with Gasteiger partial charge in [-0.05, 0) is 90.9 Å². The highest BCUT2D eigenvalue weighted by molar-refractivity contribution is 6.37. The molecule has 10 heteroatoms. The Morgan fingerprint density at radius 2 is 1.61 bits per heavy atom. The molecule has 0 fully saturated rings. The number of halogens is 2. The number of aryl methyl sites for hydroxylation is 2. The van der Waals surface area contributed by atoms with Crippen LogP contribution in [0.1, 0.15) is 34.2 Å². The second kappa shape index (κ2) is 18.4. The molecule has 4 rings (SSSR count). The Kier molecular flexibility index (Phi) is 14.0. The Labute approximate surface area is 281 Å². The molecule has 3 N–H and O–H groups in total. The number of ether oxygens (including phenoxy) is 4. The van der Waals surface area contributed by atoms with Crippen molar-refractivity contribution < 1.29 is 23.7 Å². The van der Waals surface area contributed by atoms with Crippen molar-refractivity contribution in [2.45, 2.75) is 39.3 Å². The number of rotatable bonds is 18. The Morgan fingerprint density at radius 3 is 2.30 bits per heavy atom. The quantitative estimate of drug-likeness (QED) is 0.113. The number of hydrogen-bond acceptors (Lipinski definition) is 7. The molecule has 0 bridgehead atoms. The van der Waals surface area contributed by atoms with Gasteiger partial charge in [0.25, 0.3) is 0 Å². The number of carbonyl (C=O) groups excluding carboxylic acids is 1. The van der Waals surface area contributed by atoms with Crippen molar-refractivity contribution in [3.8, 4) is 17.2 Å². The molecule has 0 aliphatic carbocycles. The highest BCUT2D eigenvalue weighted by atomic mass is 35.5. The molecule has 46 heavy (non-hydrogen) atoms. The van der Waals surface area contributed by atoms with Gasteiger partial charge in [-0.25, -0.2) is 0 Å². The Bertz CT molecular complexity index is 1510. The molecule has 1 aromatic heterocycles. The first-order valence-electron chi connectivity index (χ1n) is 15.3. The molecule has 244 valence electrons. The molecule has 3 aromatic carbocycles. The van der Waals surface area contributed by atoms with E-state index in [1.165, 1.54) is 0 Å². The van der Waals surface area contributed by atoms with Crippen LogP contribution >= 0.6 is 23.2 Å². The van der Waals surface area contributed by atoms with Gasteiger partial charge in [0.15, 0.2) is 5.75 Å². The predicted molar refractivity (Wildman–Crippen MR) is 182 cm³/mol. The van der Waals surface area contributed by atoms with Crippen molar-refractivity contribution >= 4 is 29.1 Å². The summed E-state index contributed by atoms with van der Waals surface area (Å²) < 4.78 is 22.8. The summed E-state index contributed by atoms with van der Waals surface area (Å²) in [6.45, 7) is 4.19. The number of methoxy groups -OCH3 is 1. The molecule has 0 spiro atoms. The van der Waals surface area contributed by atoms with E-state index >= 15 is 0 Å². The maximum Gasteiger partial charge on any atom is 0.224 e. The van der Waals surface area contributed by atoms with Gasteiger partial charge in [0.1, 0.15) is 31.3 Å². The third-order valence-corrected chi connectivity index (χ3v) is 7.80. The smallest absolute Gasteiger partial charge is 0.224 e.